The molecular formula is C14H24S5. The first kappa shape index (κ1) is 16.9. The lowest BCUT2D eigenvalue weighted by Gasteiger charge is -2.42. The Labute approximate surface area is 139 Å². The molecule has 0 aromatic carbocycles. The van der Waals surface area contributed by atoms with E-state index in [1.165, 1.54) is 28.8 Å². The van der Waals surface area contributed by atoms with E-state index in [1.807, 2.05) is 17.8 Å². The van der Waals surface area contributed by atoms with E-state index in [2.05, 4.69) is 74.4 Å². The zero-order valence-corrected chi connectivity index (χ0v) is 16.2. The van der Waals surface area contributed by atoms with Crippen LogP contribution in [0.4, 0.5) is 0 Å². The second-order valence-electron chi connectivity index (χ2n) is 5.99. The van der Waals surface area contributed by atoms with Gasteiger partial charge >= 0.3 is 0 Å². The highest BCUT2D eigenvalue weighted by Crippen LogP contribution is 2.56. The van der Waals surface area contributed by atoms with E-state index < -0.39 is 0 Å². The normalized spacial score (nSPS) is 42.1. The molecule has 0 amide bonds. The molecule has 2 aliphatic heterocycles. The molecule has 0 aromatic heterocycles. The van der Waals surface area contributed by atoms with Crippen LogP contribution in [0.2, 0.25) is 0 Å². The van der Waals surface area contributed by atoms with Gasteiger partial charge in [-0.15, -0.1) is 30.1 Å². The minimum absolute atomic E-state index is 0.459. The van der Waals surface area contributed by atoms with Crippen LogP contribution in [0.15, 0.2) is 12.7 Å². The Kier molecular flexibility index (Phi) is 5.96. The van der Waals surface area contributed by atoms with E-state index in [4.69, 9.17) is 0 Å². The van der Waals surface area contributed by atoms with Gasteiger partial charge in [0, 0.05) is 44.0 Å². The van der Waals surface area contributed by atoms with Crippen molar-refractivity contribution < 1.29 is 0 Å². The molecule has 0 spiro atoms. The molecule has 3 atom stereocenters. The Morgan fingerprint density at radius 2 is 1.58 bits per heavy atom. The Bertz CT molecular complexity index is 316. The van der Waals surface area contributed by atoms with Crippen molar-refractivity contribution in [3.05, 3.63) is 12.7 Å². The predicted octanol–water partition coefficient (Wildman–Crippen LogP) is 5.10. The highest BCUT2D eigenvalue weighted by molar-refractivity contribution is 8.25. The molecule has 0 N–H and O–H groups in total. The van der Waals surface area contributed by atoms with Gasteiger partial charge in [0.1, 0.15) is 0 Å². The van der Waals surface area contributed by atoms with Crippen LogP contribution in [0, 0.1) is 0 Å². The summed E-state index contributed by atoms with van der Waals surface area (Å²) in [5, 5.41) is 0. The van der Waals surface area contributed by atoms with E-state index in [1.54, 1.807) is 0 Å². The van der Waals surface area contributed by atoms with Crippen molar-refractivity contribution in [1.29, 1.82) is 0 Å². The Morgan fingerprint density at radius 1 is 1.00 bits per heavy atom. The maximum atomic E-state index is 3.80. The zero-order chi connectivity index (χ0) is 14.0. The van der Waals surface area contributed by atoms with Crippen molar-refractivity contribution in [3.63, 3.8) is 0 Å². The van der Waals surface area contributed by atoms with Gasteiger partial charge in [-0.1, -0.05) is 6.08 Å². The molecule has 0 saturated carbocycles. The largest absolute Gasteiger partial charge is 0.156 e. The molecule has 2 saturated heterocycles. The van der Waals surface area contributed by atoms with Crippen LogP contribution in [0.3, 0.4) is 0 Å². The van der Waals surface area contributed by atoms with E-state index in [0.717, 1.165) is 5.75 Å². The van der Waals surface area contributed by atoms with Crippen LogP contribution in [-0.2, 0) is 0 Å². The fraction of sp³-hybridized carbons (Fsp3) is 0.857. The average molecular weight is 353 g/mol. The van der Waals surface area contributed by atoms with E-state index >= 15 is 0 Å². The summed E-state index contributed by atoms with van der Waals surface area (Å²) in [7, 11) is 0. The van der Waals surface area contributed by atoms with Crippen molar-refractivity contribution >= 4 is 58.8 Å². The molecule has 110 valence electrons. The highest BCUT2D eigenvalue weighted by Gasteiger charge is 2.44. The third-order valence-electron chi connectivity index (χ3n) is 3.33. The summed E-state index contributed by atoms with van der Waals surface area (Å²) >= 11 is 10.7. The molecular weight excluding hydrogens is 328 g/mol. The quantitative estimate of drug-likeness (QED) is 0.354. The van der Waals surface area contributed by atoms with Crippen LogP contribution in [0.25, 0.3) is 0 Å². The Balaban J connectivity index is 1.74. The van der Waals surface area contributed by atoms with Crippen LogP contribution < -0.4 is 0 Å². The third kappa shape index (κ3) is 5.32. The summed E-state index contributed by atoms with van der Waals surface area (Å²) in [6, 6.07) is 0. The summed E-state index contributed by atoms with van der Waals surface area (Å²) in [6.07, 6.45) is 2.02. The summed E-state index contributed by atoms with van der Waals surface area (Å²) in [5.41, 5.74) is 0. The first-order valence-electron chi connectivity index (χ1n) is 6.63. The second-order valence-corrected chi connectivity index (χ2v) is 13.4. The van der Waals surface area contributed by atoms with E-state index in [0.29, 0.717) is 13.6 Å². The third-order valence-corrected chi connectivity index (χ3v) is 12.5. The fourth-order valence-electron chi connectivity index (χ4n) is 1.75. The Hall–Kier alpha value is 1.49. The fourth-order valence-corrected chi connectivity index (χ4v) is 8.39. The number of hydrogen-bond donors (Lipinski definition) is 0. The average Bonchev–Trinajstić information content (AvgIpc) is 3.11. The van der Waals surface area contributed by atoms with Crippen LogP contribution in [0.1, 0.15) is 20.8 Å². The molecule has 2 heterocycles. The summed E-state index contributed by atoms with van der Waals surface area (Å²) in [6.45, 7) is 11.1. The molecule has 3 unspecified atom stereocenters. The van der Waals surface area contributed by atoms with Gasteiger partial charge in [-0.2, -0.15) is 35.3 Å². The molecule has 0 aromatic rings. The van der Waals surface area contributed by atoms with Gasteiger partial charge in [0.25, 0.3) is 0 Å². The standard InChI is InChI=1S/C14H24S5/c1-5-6-15-7-12(2)8-17-13(3,9-16-12)10-18-14(4)11-19-14/h5H,1,6-11H2,2-4H3. The summed E-state index contributed by atoms with van der Waals surface area (Å²) in [5.74, 6) is 7.60. The SMILES string of the molecule is C=CCSCC1(C)CSC(C)(CSC2(C)CS2)CS1. The van der Waals surface area contributed by atoms with Gasteiger partial charge in [0.2, 0.25) is 0 Å². The molecule has 0 bridgehead atoms. The minimum Gasteiger partial charge on any atom is -0.156 e. The summed E-state index contributed by atoms with van der Waals surface area (Å²) < 4.78 is 1.49. The van der Waals surface area contributed by atoms with Gasteiger partial charge in [-0.25, -0.2) is 0 Å². The highest BCUT2D eigenvalue weighted by atomic mass is 32.2. The second kappa shape index (κ2) is 6.72. The van der Waals surface area contributed by atoms with Crippen molar-refractivity contribution in [3.8, 4) is 0 Å². The van der Waals surface area contributed by atoms with Gasteiger partial charge in [-0.3, -0.25) is 0 Å². The van der Waals surface area contributed by atoms with Gasteiger partial charge in [-0.05, 0) is 20.8 Å². The molecule has 2 aliphatic rings. The van der Waals surface area contributed by atoms with Crippen LogP contribution >= 0.6 is 58.8 Å². The van der Waals surface area contributed by atoms with Crippen molar-refractivity contribution in [1.82, 2.24) is 0 Å². The first-order valence-corrected chi connectivity index (χ1v) is 11.7. The minimum atomic E-state index is 0.459. The van der Waals surface area contributed by atoms with Crippen molar-refractivity contribution in [2.75, 3.05) is 34.5 Å². The lowest BCUT2D eigenvalue weighted by atomic mass is 10.2. The number of hydrogen-bond acceptors (Lipinski definition) is 5. The van der Waals surface area contributed by atoms with Gasteiger partial charge in [0.05, 0.1) is 4.08 Å². The molecule has 2 rings (SSSR count). The molecule has 0 radical (unpaired) electrons. The monoisotopic (exact) mass is 352 g/mol. The molecule has 5 heteroatoms. The maximum absolute atomic E-state index is 3.80. The van der Waals surface area contributed by atoms with Gasteiger partial charge < -0.3 is 0 Å². The summed E-state index contributed by atoms with van der Waals surface area (Å²) in [4.78, 5) is 0. The number of thioether (sulfide) groups is 5. The van der Waals surface area contributed by atoms with Crippen LogP contribution in [0.5, 0.6) is 0 Å². The maximum Gasteiger partial charge on any atom is 0.0674 e. The Morgan fingerprint density at radius 3 is 2.05 bits per heavy atom. The molecule has 0 aliphatic carbocycles. The molecule has 19 heavy (non-hydrogen) atoms. The lowest BCUT2D eigenvalue weighted by Crippen LogP contribution is -2.41. The van der Waals surface area contributed by atoms with Crippen LogP contribution in [-0.4, -0.2) is 48.1 Å². The zero-order valence-electron chi connectivity index (χ0n) is 12.1. The topological polar surface area (TPSA) is 0 Å². The van der Waals surface area contributed by atoms with Gasteiger partial charge in [0.15, 0.2) is 0 Å². The first-order chi connectivity index (χ1) is 8.89. The lowest BCUT2D eigenvalue weighted by molar-refractivity contribution is 0.757. The smallest absolute Gasteiger partial charge is 0.0674 e. The number of rotatable bonds is 7. The molecule has 2 fully saturated rings. The van der Waals surface area contributed by atoms with E-state index in [9.17, 15) is 0 Å². The van der Waals surface area contributed by atoms with E-state index in [-0.39, 0.29) is 0 Å². The van der Waals surface area contributed by atoms with Crippen molar-refractivity contribution in [2.24, 2.45) is 0 Å². The van der Waals surface area contributed by atoms with Crippen molar-refractivity contribution in [2.45, 2.75) is 34.3 Å². The predicted molar refractivity (Wildman–Crippen MR) is 103 cm³/mol. The molecule has 0 nitrogen and oxygen atoms in total.